The van der Waals surface area contributed by atoms with Crippen molar-refractivity contribution in [2.45, 2.75) is 26.1 Å². The predicted molar refractivity (Wildman–Crippen MR) is 44.1 cm³/mol. The Morgan fingerprint density at radius 1 is 1.42 bits per heavy atom. The number of rotatable bonds is 2. The first-order valence-electron chi connectivity index (χ1n) is 3.74. The SMILES string of the molecule is CC(C)(F)c1ncc(CN)cn1. The number of nitrogens with zero attached hydrogens (tertiary/aromatic N) is 2. The van der Waals surface area contributed by atoms with Crippen LogP contribution in [-0.2, 0) is 12.2 Å². The van der Waals surface area contributed by atoms with Crippen LogP contribution in [-0.4, -0.2) is 9.97 Å². The Bertz CT molecular complexity index is 250. The summed E-state index contributed by atoms with van der Waals surface area (Å²) < 4.78 is 13.2. The minimum atomic E-state index is -1.48. The minimum Gasteiger partial charge on any atom is -0.326 e. The summed E-state index contributed by atoms with van der Waals surface area (Å²) >= 11 is 0. The molecule has 0 aliphatic heterocycles. The summed E-state index contributed by atoms with van der Waals surface area (Å²) in [6, 6.07) is 0. The number of alkyl halides is 1. The van der Waals surface area contributed by atoms with Gasteiger partial charge >= 0.3 is 0 Å². The molecule has 0 bridgehead atoms. The van der Waals surface area contributed by atoms with Crippen molar-refractivity contribution in [2.24, 2.45) is 5.73 Å². The van der Waals surface area contributed by atoms with Gasteiger partial charge in [0.1, 0.15) is 0 Å². The van der Waals surface area contributed by atoms with E-state index in [1.54, 1.807) is 12.4 Å². The fourth-order valence-electron chi connectivity index (χ4n) is 0.767. The Balaban J connectivity index is 2.93. The molecule has 0 saturated carbocycles. The second-order valence-electron chi connectivity index (χ2n) is 3.09. The van der Waals surface area contributed by atoms with Crippen LogP contribution in [0.3, 0.4) is 0 Å². The zero-order valence-electron chi connectivity index (χ0n) is 7.21. The zero-order valence-corrected chi connectivity index (χ0v) is 7.21. The highest BCUT2D eigenvalue weighted by Crippen LogP contribution is 2.19. The molecule has 0 saturated heterocycles. The van der Waals surface area contributed by atoms with Gasteiger partial charge in [0, 0.05) is 24.5 Å². The van der Waals surface area contributed by atoms with Crippen LogP contribution in [0.2, 0.25) is 0 Å². The van der Waals surface area contributed by atoms with Gasteiger partial charge in [0.2, 0.25) is 0 Å². The zero-order chi connectivity index (χ0) is 9.19. The molecular formula is C8H12FN3. The normalized spacial score (nSPS) is 11.7. The quantitative estimate of drug-likeness (QED) is 0.722. The van der Waals surface area contributed by atoms with E-state index < -0.39 is 5.67 Å². The third-order valence-corrected chi connectivity index (χ3v) is 1.47. The molecule has 4 heteroatoms. The van der Waals surface area contributed by atoms with Crippen molar-refractivity contribution >= 4 is 0 Å². The summed E-state index contributed by atoms with van der Waals surface area (Å²) in [5.74, 6) is 0.194. The van der Waals surface area contributed by atoms with Crippen LogP contribution >= 0.6 is 0 Å². The van der Waals surface area contributed by atoms with Crippen LogP contribution in [0.25, 0.3) is 0 Å². The molecule has 12 heavy (non-hydrogen) atoms. The highest BCUT2D eigenvalue weighted by molar-refractivity contribution is 5.07. The van der Waals surface area contributed by atoms with Crippen molar-refractivity contribution < 1.29 is 4.39 Å². The molecule has 0 atom stereocenters. The van der Waals surface area contributed by atoms with E-state index in [1.807, 2.05) is 0 Å². The van der Waals surface area contributed by atoms with Crippen molar-refractivity contribution in [1.82, 2.24) is 9.97 Å². The second kappa shape index (κ2) is 3.15. The highest BCUT2D eigenvalue weighted by Gasteiger charge is 2.21. The summed E-state index contributed by atoms with van der Waals surface area (Å²) in [7, 11) is 0. The van der Waals surface area contributed by atoms with Gasteiger partial charge < -0.3 is 5.73 Å². The van der Waals surface area contributed by atoms with Gasteiger partial charge in [-0.3, -0.25) is 0 Å². The average molecular weight is 169 g/mol. The van der Waals surface area contributed by atoms with E-state index in [9.17, 15) is 4.39 Å². The van der Waals surface area contributed by atoms with Gasteiger partial charge in [-0.1, -0.05) is 0 Å². The van der Waals surface area contributed by atoms with E-state index in [-0.39, 0.29) is 5.82 Å². The molecule has 1 aromatic heterocycles. The van der Waals surface area contributed by atoms with Gasteiger partial charge in [-0.25, -0.2) is 14.4 Å². The molecule has 0 aliphatic rings. The maximum absolute atomic E-state index is 13.2. The van der Waals surface area contributed by atoms with Gasteiger partial charge in [0.05, 0.1) is 0 Å². The fourth-order valence-corrected chi connectivity index (χ4v) is 0.767. The van der Waals surface area contributed by atoms with E-state index in [0.717, 1.165) is 5.56 Å². The van der Waals surface area contributed by atoms with E-state index in [0.29, 0.717) is 6.54 Å². The van der Waals surface area contributed by atoms with Crippen molar-refractivity contribution in [1.29, 1.82) is 0 Å². The Labute approximate surface area is 70.8 Å². The standard InChI is InChI=1S/C8H12FN3/c1-8(2,9)7-11-4-6(3-10)5-12-7/h4-5H,3,10H2,1-2H3. The summed E-state index contributed by atoms with van der Waals surface area (Å²) in [5.41, 5.74) is 4.66. The number of nitrogens with two attached hydrogens (primary N) is 1. The van der Waals surface area contributed by atoms with Crippen LogP contribution in [0.1, 0.15) is 25.2 Å². The van der Waals surface area contributed by atoms with E-state index in [4.69, 9.17) is 5.73 Å². The van der Waals surface area contributed by atoms with Crippen molar-refractivity contribution in [3.8, 4) is 0 Å². The maximum atomic E-state index is 13.2. The highest BCUT2D eigenvalue weighted by atomic mass is 19.1. The van der Waals surface area contributed by atoms with Gasteiger partial charge in [-0.15, -0.1) is 0 Å². The second-order valence-corrected chi connectivity index (χ2v) is 3.09. The summed E-state index contributed by atoms with van der Waals surface area (Å²) in [6.45, 7) is 3.22. The molecule has 0 amide bonds. The third kappa shape index (κ3) is 1.98. The molecular weight excluding hydrogens is 157 g/mol. The largest absolute Gasteiger partial charge is 0.326 e. The fraction of sp³-hybridized carbons (Fsp3) is 0.500. The molecule has 0 unspecified atom stereocenters. The van der Waals surface area contributed by atoms with Crippen LogP contribution < -0.4 is 5.73 Å². The summed E-state index contributed by atoms with van der Waals surface area (Å²) in [5, 5.41) is 0. The van der Waals surface area contributed by atoms with Crippen molar-refractivity contribution in [3.63, 3.8) is 0 Å². The lowest BCUT2D eigenvalue weighted by atomic mass is 10.1. The molecule has 1 rings (SSSR count). The van der Waals surface area contributed by atoms with Crippen LogP contribution in [0, 0.1) is 0 Å². The van der Waals surface area contributed by atoms with E-state index >= 15 is 0 Å². The molecule has 0 aliphatic carbocycles. The smallest absolute Gasteiger partial charge is 0.165 e. The van der Waals surface area contributed by atoms with E-state index in [1.165, 1.54) is 13.8 Å². The molecule has 2 N–H and O–H groups in total. The number of hydrogen-bond acceptors (Lipinski definition) is 3. The molecule has 1 aromatic rings. The maximum Gasteiger partial charge on any atom is 0.165 e. The van der Waals surface area contributed by atoms with Gasteiger partial charge in [0.15, 0.2) is 11.5 Å². The molecule has 0 radical (unpaired) electrons. The monoisotopic (exact) mass is 169 g/mol. The van der Waals surface area contributed by atoms with E-state index in [2.05, 4.69) is 9.97 Å². The first-order valence-corrected chi connectivity index (χ1v) is 3.74. The Morgan fingerprint density at radius 3 is 2.25 bits per heavy atom. The molecule has 1 heterocycles. The Hall–Kier alpha value is -1.03. The van der Waals surface area contributed by atoms with Crippen molar-refractivity contribution in [3.05, 3.63) is 23.8 Å². The molecule has 3 nitrogen and oxygen atoms in total. The number of hydrogen-bond donors (Lipinski definition) is 1. The van der Waals surface area contributed by atoms with Crippen molar-refractivity contribution in [2.75, 3.05) is 0 Å². The molecule has 0 spiro atoms. The first kappa shape index (κ1) is 9.06. The predicted octanol–water partition coefficient (Wildman–Crippen LogP) is 1.14. The van der Waals surface area contributed by atoms with Gasteiger partial charge in [-0.05, 0) is 13.8 Å². The van der Waals surface area contributed by atoms with Gasteiger partial charge in [0.25, 0.3) is 0 Å². The Morgan fingerprint density at radius 2 is 1.92 bits per heavy atom. The average Bonchev–Trinajstić information content (AvgIpc) is 2.03. The summed E-state index contributed by atoms with van der Waals surface area (Å²) in [4.78, 5) is 7.71. The van der Waals surface area contributed by atoms with Crippen LogP contribution in [0.15, 0.2) is 12.4 Å². The topological polar surface area (TPSA) is 51.8 Å². The third-order valence-electron chi connectivity index (χ3n) is 1.47. The number of aromatic nitrogens is 2. The molecule has 0 aromatic carbocycles. The lowest BCUT2D eigenvalue weighted by Gasteiger charge is -2.11. The molecule has 0 fully saturated rings. The molecule has 66 valence electrons. The lowest BCUT2D eigenvalue weighted by molar-refractivity contribution is 0.206. The van der Waals surface area contributed by atoms with Gasteiger partial charge in [-0.2, -0.15) is 0 Å². The lowest BCUT2D eigenvalue weighted by Crippen LogP contribution is -2.14. The Kier molecular flexibility index (Phi) is 2.38. The minimum absolute atomic E-state index is 0.194. The van der Waals surface area contributed by atoms with Crippen LogP contribution in [0.4, 0.5) is 4.39 Å². The van der Waals surface area contributed by atoms with Crippen LogP contribution in [0.5, 0.6) is 0 Å². The number of halogens is 1. The summed E-state index contributed by atoms with van der Waals surface area (Å²) in [6.07, 6.45) is 3.09. The first-order chi connectivity index (χ1) is 5.54.